The van der Waals surface area contributed by atoms with Gasteiger partial charge in [-0.25, -0.2) is 0 Å². The van der Waals surface area contributed by atoms with E-state index in [2.05, 4.69) is 0 Å². The summed E-state index contributed by atoms with van der Waals surface area (Å²) in [5.74, 6) is -0.226. The van der Waals surface area contributed by atoms with Crippen molar-refractivity contribution in [3.8, 4) is 0 Å². The average Bonchev–Trinajstić information content (AvgIpc) is 2.93. The van der Waals surface area contributed by atoms with Crippen molar-refractivity contribution in [3.05, 3.63) is 33.8 Å². The first-order chi connectivity index (χ1) is 9.00. The van der Waals surface area contributed by atoms with Crippen LogP contribution in [0.5, 0.6) is 0 Å². The van der Waals surface area contributed by atoms with Gasteiger partial charge in [0.25, 0.3) is 0 Å². The number of aliphatic hydroxyl groups is 1. The van der Waals surface area contributed by atoms with Crippen LogP contribution < -0.4 is 5.73 Å². The summed E-state index contributed by atoms with van der Waals surface area (Å²) in [6.45, 7) is 1.42. The molecule has 1 aromatic carbocycles. The minimum Gasteiger partial charge on any atom is -0.386 e. The molecule has 0 aliphatic carbocycles. The lowest BCUT2D eigenvalue weighted by Crippen LogP contribution is -2.45. The molecule has 0 unspecified atom stereocenters. The number of rotatable bonds is 3. The predicted molar refractivity (Wildman–Crippen MR) is 75.2 cm³/mol. The van der Waals surface area contributed by atoms with E-state index in [0.29, 0.717) is 28.7 Å². The molecule has 4 nitrogen and oxygen atoms in total. The molecule has 1 saturated heterocycles. The van der Waals surface area contributed by atoms with Crippen molar-refractivity contribution < 1.29 is 9.90 Å². The Morgan fingerprint density at radius 2 is 1.89 bits per heavy atom. The molecular formula is C13H16Cl2N2O2. The fourth-order valence-electron chi connectivity index (χ4n) is 2.19. The molecule has 1 aromatic rings. The van der Waals surface area contributed by atoms with Crippen molar-refractivity contribution in [2.75, 3.05) is 13.1 Å². The number of halogens is 2. The molecule has 1 amide bonds. The Labute approximate surface area is 122 Å². The predicted octanol–water partition coefficient (Wildman–Crippen LogP) is 1.98. The third-order valence-electron chi connectivity index (χ3n) is 3.33. The lowest BCUT2D eigenvalue weighted by Gasteiger charge is -2.24. The maximum Gasteiger partial charge on any atom is 0.242 e. The third-order valence-corrected chi connectivity index (χ3v) is 4.07. The molecule has 19 heavy (non-hydrogen) atoms. The molecule has 1 aliphatic heterocycles. The van der Waals surface area contributed by atoms with Gasteiger partial charge in [-0.2, -0.15) is 0 Å². The first-order valence-corrected chi connectivity index (χ1v) is 6.93. The summed E-state index contributed by atoms with van der Waals surface area (Å²) in [6.07, 6.45) is 0.894. The van der Waals surface area contributed by atoms with E-state index in [1.165, 1.54) is 6.07 Å². The first kappa shape index (κ1) is 14.6. The largest absolute Gasteiger partial charge is 0.386 e. The topological polar surface area (TPSA) is 66.6 Å². The summed E-state index contributed by atoms with van der Waals surface area (Å²) >= 11 is 11.7. The van der Waals surface area contributed by atoms with Crippen LogP contribution in [0.2, 0.25) is 10.0 Å². The lowest BCUT2D eigenvalue weighted by molar-refractivity contribution is -0.134. The molecule has 0 spiro atoms. The summed E-state index contributed by atoms with van der Waals surface area (Å²) in [5.41, 5.74) is 6.34. The minimum absolute atomic E-state index is 0.226. The van der Waals surface area contributed by atoms with Crippen LogP contribution in [0.15, 0.2) is 18.2 Å². The van der Waals surface area contributed by atoms with E-state index in [1.54, 1.807) is 17.0 Å². The molecule has 1 heterocycles. The Kier molecular flexibility index (Phi) is 4.68. The SMILES string of the molecule is N[C@@H](C(=O)N1CCCC1)[C@@H](O)c1ccc(Cl)c(Cl)c1. The van der Waals surface area contributed by atoms with Gasteiger partial charge in [-0.15, -0.1) is 0 Å². The molecule has 0 saturated carbocycles. The van der Waals surface area contributed by atoms with Gasteiger partial charge in [0.2, 0.25) is 5.91 Å². The molecular weight excluding hydrogens is 287 g/mol. The van der Waals surface area contributed by atoms with Gasteiger partial charge in [0.05, 0.1) is 10.0 Å². The summed E-state index contributed by atoms with van der Waals surface area (Å²) in [7, 11) is 0. The van der Waals surface area contributed by atoms with Crippen molar-refractivity contribution in [1.82, 2.24) is 4.90 Å². The summed E-state index contributed by atoms with van der Waals surface area (Å²) in [4.78, 5) is 13.8. The number of hydrogen-bond acceptors (Lipinski definition) is 3. The van der Waals surface area contributed by atoms with Crippen molar-refractivity contribution in [1.29, 1.82) is 0 Å². The number of aliphatic hydroxyl groups excluding tert-OH is 1. The van der Waals surface area contributed by atoms with Crippen molar-refractivity contribution in [2.24, 2.45) is 5.73 Å². The van der Waals surface area contributed by atoms with E-state index in [4.69, 9.17) is 28.9 Å². The van der Waals surface area contributed by atoms with Crippen molar-refractivity contribution in [3.63, 3.8) is 0 Å². The highest BCUT2D eigenvalue weighted by molar-refractivity contribution is 6.42. The number of benzene rings is 1. The zero-order chi connectivity index (χ0) is 14.0. The Morgan fingerprint density at radius 3 is 2.47 bits per heavy atom. The summed E-state index contributed by atoms with van der Waals surface area (Å²) in [6, 6.07) is 3.76. The van der Waals surface area contributed by atoms with E-state index in [1.807, 2.05) is 0 Å². The maximum absolute atomic E-state index is 12.1. The van der Waals surface area contributed by atoms with Crippen LogP contribution >= 0.6 is 23.2 Å². The molecule has 6 heteroatoms. The highest BCUT2D eigenvalue weighted by Gasteiger charge is 2.29. The van der Waals surface area contributed by atoms with Crippen LogP contribution in [0.1, 0.15) is 24.5 Å². The maximum atomic E-state index is 12.1. The second-order valence-corrected chi connectivity index (χ2v) is 5.49. The van der Waals surface area contributed by atoms with E-state index in [-0.39, 0.29) is 5.91 Å². The molecule has 2 rings (SSSR count). The fraction of sp³-hybridized carbons (Fsp3) is 0.462. The number of carbonyl (C=O) groups excluding carboxylic acids is 1. The first-order valence-electron chi connectivity index (χ1n) is 6.18. The van der Waals surface area contributed by atoms with Crippen LogP contribution in [0, 0.1) is 0 Å². The lowest BCUT2D eigenvalue weighted by atomic mass is 10.0. The van der Waals surface area contributed by atoms with Crippen LogP contribution in [0.4, 0.5) is 0 Å². The Morgan fingerprint density at radius 1 is 1.26 bits per heavy atom. The van der Waals surface area contributed by atoms with Crippen LogP contribution in [0.3, 0.4) is 0 Å². The molecule has 1 fully saturated rings. The molecule has 3 N–H and O–H groups in total. The quantitative estimate of drug-likeness (QED) is 0.897. The average molecular weight is 303 g/mol. The number of nitrogens with two attached hydrogens (primary N) is 1. The third kappa shape index (κ3) is 3.20. The Bertz CT molecular complexity index is 476. The van der Waals surface area contributed by atoms with Crippen molar-refractivity contribution in [2.45, 2.75) is 25.0 Å². The number of nitrogens with zero attached hydrogens (tertiary/aromatic N) is 1. The molecule has 104 valence electrons. The van der Waals surface area contributed by atoms with Gasteiger partial charge >= 0.3 is 0 Å². The van der Waals surface area contributed by atoms with Gasteiger partial charge in [0.15, 0.2) is 0 Å². The second-order valence-electron chi connectivity index (χ2n) is 4.68. The van der Waals surface area contributed by atoms with Gasteiger partial charge in [-0.3, -0.25) is 4.79 Å². The van der Waals surface area contributed by atoms with Crippen LogP contribution in [-0.4, -0.2) is 35.0 Å². The fourth-order valence-corrected chi connectivity index (χ4v) is 2.49. The summed E-state index contributed by atoms with van der Waals surface area (Å²) in [5, 5.41) is 10.9. The summed E-state index contributed by atoms with van der Waals surface area (Å²) < 4.78 is 0. The van der Waals surface area contributed by atoms with Crippen LogP contribution in [-0.2, 0) is 4.79 Å². The van der Waals surface area contributed by atoms with E-state index < -0.39 is 12.1 Å². The monoisotopic (exact) mass is 302 g/mol. The number of amides is 1. The van der Waals surface area contributed by atoms with Crippen molar-refractivity contribution >= 4 is 29.1 Å². The highest BCUT2D eigenvalue weighted by Crippen LogP contribution is 2.27. The van der Waals surface area contributed by atoms with Gasteiger partial charge in [0.1, 0.15) is 12.1 Å². The van der Waals surface area contributed by atoms with Gasteiger partial charge in [-0.05, 0) is 30.5 Å². The van der Waals surface area contributed by atoms with E-state index in [9.17, 15) is 9.90 Å². The Hall–Kier alpha value is -0.810. The highest BCUT2D eigenvalue weighted by atomic mass is 35.5. The van der Waals surface area contributed by atoms with E-state index in [0.717, 1.165) is 12.8 Å². The molecule has 0 bridgehead atoms. The zero-order valence-electron chi connectivity index (χ0n) is 10.4. The second kappa shape index (κ2) is 6.09. The smallest absolute Gasteiger partial charge is 0.242 e. The molecule has 1 aliphatic rings. The van der Waals surface area contributed by atoms with E-state index >= 15 is 0 Å². The molecule has 0 radical (unpaired) electrons. The molecule has 0 aromatic heterocycles. The molecule has 2 atom stereocenters. The number of likely N-dealkylation sites (tertiary alicyclic amines) is 1. The zero-order valence-corrected chi connectivity index (χ0v) is 11.9. The normalized spacial score (nSPS) is 18.4. The van der Waals surface area contributed by atoms with Crippen LogP contribution in [0.25, 0.3) is 0 Å². The van der Waals surface area contributed by atoms with Gasteiger partial charge < -0.3 is 15.7 Å². The number of hydrogen-bond donors (Lipinski definition) is 2. The minimum atomic E-state index is -1.08. The van der Waals surface area contributed by atoms with Gasteiger partial charge in [0, 0.05) is 13.1 Å². The standard InChI is InChI=1S/C13H16Cl2N2O2/c14-9-4-3-8(7-10(9)15)12(18)11(16)13(19)17-5-1-2-6-17/h3-4,7,11-12,18H,1-2,5-6,16H2/t11-,12+/m1/s1. The Balaban J connectivity index is 2.11. The van der Waals surface area contributed by atoms with Gasteiger partial charge in [-0.1, -0.05) is 29.3 Å². The number of carbonyl (C=O) groups is 1.